The molecular formula is C21H27N3Y. The van der Waals surface area contributed by atoms with Crippen LogP contribution in [0.25, 0.3) is 11.0 Å². The number of nitrogens with zero attached hydrogens (tertiary/aromatic N) is 3. The van der Waals surface area contributed by atoms with Gasteiger partial charge in [0.25, 0.3) is 0 Å². The van der Waals surface area contributed by atoms with Gasteiger partial charge in [-0.15, -0.1) is 0 Å². The van der Waals surface area contributed by atoms with Crippen molar-refractivity contribution in [1.82, 2.24) is 14.5 Å². The Morgan fingerprint density at radius 1 is 0.920 bits per heavy atom. The van der Waals surface area contributed by atoms with Gasteiger partial charge in [0.05, 0.1) is 17.6 Å². The van der Waals surface area contributed by atoms with Gasteiger partial charge in [0.2, 0.25) is 0 Å². The largest absolute Gasteiger partial charge is 0.322 e. The molecule has 2 heterocycles. The molecule has 25 heavy (non-hydrogen) atoms. The second kappa shape index (κ2) is 9.07. The first-order valence-corrected chi connectivity index (χ1v) is 8.52. The van der Waals surface area contributed by atoms with E-state index in [9.17, 15) is 0 Å². The van der Waals surface area contributed by atoms with Crippen molar-refractivity contribution in [2.75, 3.05) is 13.1 Å². The van der Waals surface area contributed by atoms with Crippen LogP contribution in [-0.4, -0.2) is 27.5 Å². The van der Waals surface area contributed by atoms with Gasteiger partial charge in [0, 0.05) is 39.3 Å². The van der Waals surface area contributed by atoms with Crippen LogP contribution < -0.4 is 0 Å². The zero-order chi connectivity index (χ0) is 15.6. The third-order valence-corrected chi connectivity index (χ3v) is 4.76. The summed E-state index contributed by atoms with van der Waals surface area (Å²) in [4.78, 5) is 7.43. The van der Waals surface area contributed by atoms with Crippen LogP contribution in [0.1, 0.15) is 37.2 Å². The summed E-state index contributed by atoms with van der Waals surface area (Å²) in [6.45, 7) is 6.39. The molecule has 1 aliphatic rings. The molecule has 1 aliphatic heterocycles. The number of fused-ring (bicyclic) bond motifs is 1. The van der Waals surface area contributed by atoms with Crippen LogP contribution in [0.4, 0.5) is 0 Å². The number of likely N-dealkylation sites (tertiary alicyclic amines) is 1. The Bertz CT molecular complexity index is 802. The third-order valence-electron chi connectivity index (χ3n) is 4.76. The number of rotatable bonds is 4. The molecule has 1 radical (unpaired) electrons. The number of hydrogen-bond donors (Lipinski definition) is 0. The molecule has 129 valence electrons. The number of hydrogen-bond acceptors (Lipinski definition) is 2. The van der Waals surface area contributed by atoms with Crippen LogP contribution >= 0.6 is 0 Å². The van der Waals surface area contributed by atoms with E-state index in [1.165, 1.54) is 48.4 Å². The van der Waals surface area contributed by atoms with E-state index in [2.05, 4.69) is 64.9 Å². The van der Waals surface area contributed by atoms with Gasteiger partial charge in [-0.1, -0.05) is 49.4 Å². The first kappa shape index (κ1) is 20.3. The van der Waals surface area contributed by atoms with Gasteiger partial charge in [0.1, 0.15) is 5.82 Å². The van der Waals surface area contributed by atoms with E-state index >= 15 is 0 Å². The van der Waals surface area contributed by atoms with Crippen molar-refractivity contribution in [3.05, 3.63) is 65.5 Å². The molecule has 0 spiro atoms. The number of benzene rings is 2. The monoisotopic (exact) mass is 410 g/mol. The van der Waals surface area contributed by atoms with E-state index in [0.29, 0.717) is 0 Å². The van der Waals surface area contributed by atoms with Crippen molar-refractivity contribution in [3.8, 4) is 0 Å². The standard InChI is InChI=1S/C20H23N3.CH4.Y/c1-16-8-10-17(11-9-16)14-23-19-7-3-2-6-18(19)21-20(23)15-22-12-4-5-13-22;;/h2-3,6-11H,4-5,12-15H2,1H3;1H4;. The average Bonchev–Trinajstić information content (AvgIpc) is 3.19. The zero-order valence-corrected chi connectivity index (χ0v) is 17.1. The Morgan fingerprint density at radius 3 is 2.32 bits per heavy atom. The molecule has 3 aromatic rings. The molecule has 1 saturated heterocycles. The molecule has 1 aromatic heterocycles. The maximum Gasteiger partial charge on any atom is 0.124 e. The molecule has 0 N–H and O–H groups in total. The fraction of sp³-hybridized carbons (Fsp3) is 0.381. The van der Waals surface area contributed by atoms with Gasteiger partial charge in [0.15, 0.2) is 0 Å². The van der Waals surface area contributed by atoms with Crippen molar-refractivity contribution in [3.63, 3.8) is 0 Å². The van der Waals surface area contributed by atoms with Crippen LogP contribution in [0.15, 0.2) is 48.5 Å². The molecule has 2 aromatic carbocycles. The van der Waals surface area contributed by atoms with E-state index in [-0.39, 0.29) is 40.1 Å². The molecule has 0 aliphatic carbocycles. The molecule has 0 atom stereocenters. The first-order valence-electron chi connectivity index (χ1n) is 8.52. The third kappa shape index (κ3) is 4.58. The van der Waals surface area contributed by atoms with Gasteiger partial charge < -0.3 is 4.57 Å². The second-order valence-electron chi connectivity index (χ2n) is 6.57. The van der Waals surface area contributed by atoms with Crippen LogP contribution in [0, 0.1) is 6.92 Å². The molecule has 3 nitrogen and oxygen atoms in total. The molecule has 4 heteroatoms. The summed E-state index contributed by atoms with van der Waals surface area (Å²) in [6, 6.07) is 17.3. The average molecular weight is 410 g/mol. The Morgan fingerprint density at radius 2 is 1.60 bits per heavy atom. The van der Waals surface area contributed by atoms with Crippen LogP contribution in [-0.2, 0) is 45.8 Å². The molecule has 4 rings (SSSR count). The minimum absolute atomic E-state index is 0. The van der Waals surface area contributed by atoms with Gasteiger partial charge in [-0.2, -0.15) is 0 Å². The molecule has 0 unspecified atom stereocenters. The summed E-state index contributed by atoms with van der Waals surface area (Å²) in [5.74, 6) is 1.19. The number of aryl methyl sites for hydroxylation is 1. The van der Waals surface area contributed by atoms with Gasteiger partial charge in [-0.3, -0.25) is 4.90 Å². The number of para-hydroxylation sites is 2. The number of aromatic nitrogens is 2. The predicted molar refractivity (Wildman–Crippen MR) is 101 cm³/mol. The Hall–Kier alpha value is -1.03. The first-order chi connectivity index (χ1) is 11.3. The zero-order valence-electron chi connectivity index (χ0n) is 14.3. The van der Waals surface area contributed by atoms with Crippen molar-refractivity contribution >= 4 is 11.0 Å². The molecule has 0 saturated carbocycles. The second-order valence-corrected chi connectivity index (χ2v) is 6.57. The Kier molecular flexibility index (Phi) is 7.36. The van der Waals surface area contributed by atoms with E-state index in [0.717, 1.165) is 18.6 Å². The van der Waals surface area contributed by atoms with E-state index in [1.54, 1.807) is 0 Å². The predicted octanol–water partition coefficient (Wildman–Crippen LogP) is 4.62. The van der Waals surface area contributed by atoms with Crippen LogP contribution in [0.3, 0.4) is 0 Å². The van der Waals surface area contributed by atoms with Gasteiger partial charge in [-0.05, 0) is 50.6 Å². The molecular weight excluding hydrogens is 383 g/mol. The summed E-state index contributed by atoms with van der Waals surface area (Å²) in [6.07, 6.45) is 2.64. The Balaban J connectivity index is 0.00000113. The summed E-state index contributed by atoms with van der Waals surface area (Å²) >= 11 is 0. The maximum absolute atomic E-state index is 4.91. The van der Waals surface area contributed by atoms with Crippen LogP contribution in [0.2, 0.25) is 0 Å². The van der Waals surface area contributed by atoms with E-state index < -0.39 is 0 Å². The summed E-state index contributed by atoms with van der Waals surface area (Å²) < 4.78 is 2.39. The van der Waals surface area contributed by atoms with E-state index in [1.807, 2.05) is 0 Å². The summed E-state index contributed by atoms with van der Waals surface area (Å²) in [7, 11) is 0. The van der Waals surface area contributed by atoms with Crippen molar-refractivity contribution < 1.29 is 32.7 Å². The van der Waals surface area contributed by atoms with Crippen LogP contribution in [0.5, 0.6) is 0 Å². The summed E-state index contributed by atoms with van der Waals surface area (Å²) in [5, 5.41) is 0. The van der Waals surface area contributed by atoms with Gasteiger partial charge >= 0.3 is 0 Å². The quantitative estimate of drug-likeness (QED) is 0.626. The minimum Gasteiger partial charge on any atom is -0.322 e. The van der Waals surface area contributed by atoms with Gasteiger partial charge in [-0.25, -0.2) is 4.98 Å². The topological polar surface area (TPSA) is 21.1 Å². The molecule has 0 bridgehead atoms. The maximum atomic E-state index is 4.91. The fourth-order valence-electron chi connectivity index (χ4n) is 3.44. The SMILES string of the molecule is C.Cc1ccc(Cn2c(CN3CCCC3)nc3ccccc32)cc1.[Y]. The summed E-state index contributed by atoms with van der Waals surface area (Å²) in [5.41, 5.74) is 4.99. The van der Waals surface area contributed by atoms with E-state index in [4.69, 9.17) is 4.98 Å². The smallest absolute Gasteiger partial charge is 0.124 e. The molecule has 1 fully saturated rings. The molecule has 0 amide bonds. The van der Waals surface area contributed by atoms with Crippen molar-refractivity contribution in [2.24, 2.45) is 0 Å². The normalized spacial score (nSPS) is 14.3. The van der Waals surface area contributed by atoms with Crippen molar-refractivity contribution in [1.29, 1.82) is 0 Å². The number of imidazole rings is 1. The fourth-order valence-corrected chi connectivity index (χ4v) is 3.44. The Labute approximate surface area is 176 Å². The van der Waals surface area contributed by atoms with Crippen molar-refractivity contribution in [2.45, 2.75) is 40.3 Å². The minimum atomic E-state index is 0.